The molecule has 1 aliphatic rings. The van der Waals surface area contributed by atoms with Crippen LogP contribution in [0.4, 0.5) is 5.69 Å². The third-order valence-electron chi connectivity index (χ3n) is 9.55. The lowest BCUT2D eigenvalue weighted by Crippen LogP contribution is -2.38. The maximum atomic E-state index is 12.7. The molecular weight excluding hydrogens is 738 g/mol. The van der Waals surface area contributed by atoms with Gasteiger partial charge < -0.3 is 48.3 Å². The number of anilines is 1. The second kappa shape index (κ2) is 19.2. The first-order valence-electron chi connectivity index (χ1n) is 18.6. The number of carbonyl (C=O) groups is 1. The van der Waals surface area contributed by atoms with Gasteiger partial charge in [0.15, 0.2) is 40.3 Å². The van der Waals surface area contributed by atoms with Gasteiger partial charge in [0.05, 0.1) is 54.3 Å². The van der Waals surface area contributed by atoms with E-state index in [1.165, 1.54) is 0 Å². The number of hydrogen-bond acceptors (Lipinski definition) is 11. The summed E-state index contributed by atoms with van der Waals surface area (Å²) in [6.45, 7) is 1.17. The second-order valence-electron chi connectivity index (χ2n) is 13.2. The van der Waals surface area contributed by atoms with Gasteiger partial charge in [-0.3, -0.25) is 4.79 Å². The van der Waals surface area contributed by atoms with E-state index >= 15 is 0 Å². The predicted molar refractivity (Wildman–Crippen MR) is 215 cm³/mol. The summed E-state index contributed by atoms with van der Waals surface area (Å²) in [5.41, 5.74) is 4.31. The lowest BCUT2D eigenvalue weighted by molar-refractivity contribution is 0.0935. The number of rotatable bonds is 20. The van der Waals surface area contributed by atoms with E-state index in [1.54, 1.807) is 47.7 Å². The summed E-state index contributed by atoms with van der Waals surface area (Å²) in [5, 5.41) is 11.1. The van der Waals surface area contributed by atoms with Gasteiger partial charge >= 0.3 is 0 Å². The van der Waals surface area contributed by atoms with Crippen molar-refractivity contribution in [3.05, 3.63) is 88.9 Å². The average molecular weight is 786 g/mol. The topological polar surface area (TPSA) is 132 Å². The summed E-state index contributed by atoms with van der Waals surface area (Å²) in [5.74, 6) is 4.57. The monoisotopic (exact) mass is 785 g/mol. The zero-order valence-corrected chi connectivity index (χ0v) is 33.1. The van der Waals surface area contributed by atoms with Crippen molar-refractivity contribution in [2.45, 2.75) is 51.1 Å². The van der Waals surface area contributed by atoms with E-state index < -0.39 is 6.17 Å². The molecule has 1 unspecified atom stereocenters. The molecule has 0 bridgehead atoms. The summed E-state index contributed by atoms with van der Waals surface area (Å²) in [7, 11) is 7.96. The normalized spacial score (nSPS) is 13.2. The Bertz CT molecular complexity index is 2080. The number of halogens is 1. The molecule has 0 fully saturated rings. The Morgan fingerprint density at radius 1 is 0.607 bits per heavy atom. The summed E-state index contributed by atoms with van der Waals surface area (Å²) < 4.78 is 45.6. The van der Waals surface area contributed by atoms with Crippen LogP contribution in [-0.2, 0) is 0 Å². The fourth-order valence-corrected chi connectivity index (χ4v) is 6.72. The van der Waals surface area contributed by atoms with E-state index in [-0.39, 0.29) is 5.91 Å². The van der Waals surface area contributed by atoms with Crippen molar-refractivity contribution in [1.29, 1.82) is 0 Å². The molecule has 0 saturated heterocycles. The molecule has 12 nitrogen and oxygen atoms in total. The van der Waals surface area contributed by atoms with E-state index in [4.69, 9.17) is 49.3 Å². The van der Waals surface area contributed by atoms with Crippen molar-refractivity contribution in [3.63, 3.8) is 0 Å². The van der Waals surface area contributed by atoms with Crippen molar-refractivity contribution < 1.29 is 42.5 Å². The maximum Gasteiger partial charge on any atom is 0.255 e. The molecule has 4 aromatic carbocycles. The minimum Gasteiger partial charge on any atom is -0.493 e. The molecule has 1 atom stereocenters. The van der Waals surface area contributed by atoms with Crippen LogP contribution in [0.15, 0.2) is 77.3 Å². The number of methoxy groups -OCH3 is 5. The molecule has 2 heterocycles. The van der Waals surface area contributed by atoms with Gasteiger partial charge in [-0.1, -0.05) is 54.9 Å². The molecule has 1 amide bonds. The van der Waals surface area contributed by atoms with E-state index in [2.05, 4.69) is 15.8 Å². The summed E-state index contributed by atoms with van der Waals surface area (Å²) in [6, 6.07) is 22.1. The second-order valence-corrected chi connectivity index (χ2v) is 13.6. The van der Waals surface area contributed by atoms with Crippen LogP contribution in [0.3, 0.4) is 0 Å². The number of ether oxygens (including phenoxy) is 7. The highest BCUT2D eigenvalue weighted by atomic mass is 35.5. The Labute approximate surface area is 332 Å². The minimum absolute atomic E-state index is 0.184. The summed E-state index contributed by atoms with van der Waals surface area (Å²) in [6.07, 6.45) is 7.02. The van der Waals surface area contributed by atoms with Crippen LogP contribution in [0.5, 0.6) is 40.2 Å². The highest BCUT2D eigenvalue weighted by Gasteiger charge is 2.26. The van der Waals surface area contributed by atoms with Gasteiger partial charge in [0.2, 0.25) is 5.75 Å². The number of unbranched alkanes of at least 4 members (excludes halogenated alkanes) is 6. The molecule has 0 radical (unpaired) electrons. The first-order valence-corrected chi connectivity index (χ1v) is 19.0. The first-order chi connectivity index (χ1) is 27.3. The van der Waals surface area contributed by atoms with Crippen molar-refractivity contribution in [2.75, 3.05) is 54.1 Å². The maximum absolute atomic E-state index is 12.7. The van der Waals surface area contributed by atoms with Crippen LogP contribution in [0.1, 0.15) is 67.0 Å². The van der Waals surface area contributed by atoms with Gasteiger partial charge in [0.1, 0.15) is 11.9 Å². The SMILES string of the molecule is COc1cc(C2NC(=O)c3cc(Cl)ccc3N2)ccc1OCCCCCCCCCOc1cc(-c2cc(-c3cc(OC)c(OC)c(OC)c3)no2)ccc1OC. The van der Waals surface area contributed by atoms with Crippen LogP contribution in [0.25, 0.3) is 22.6 Å². The number of benzene rings is 4. The lowest BCUT2D eigenvalue weighted by atomic mass is 10.1. The molecule has 0 saturated carbocycles. The zero-order chi connectivity index (χ0) is 39.4. The van der Waals surface area contributed by atoms with Crippen molar-refractivity contribution in [1.82, 2.24) is 10.5 Å². The fraction of sp³-hybridized carbons (Fsp3) is 0.349. The van der Waals surface area contributed by atoms with Crippen LogP contribution < -0.4 is 43.8 Å². The highest BCUT2D eigenvalue weighted by Crippen LogP contribution is 2.42. The Kier molecular flexibility index (Phi) is 13.7. The molecule has 13 heteroatoms. The van der Waals surface area contributed by atoms with E-state index in [0.29, 0.717) is 75.5 Å². The van der Waals surface area contributed by atoms with Crippen LogP contribution in [0.2, 0.25) is 5.02 Å². The van der Waals surface area contributed by atoms with Crippen LogP contribution >= 0.6 is 11.6 Å². The molecule has 2 N–H and O–H groups in total. The Balaban J connectivity index is 0.900. The van der Waals surface area contributed by atoms with Crippen molar-refractivity contribution in [3.8, 4) is 62.8 Å². The average Bonchev–Trinajstić information content (AvgIpc) is 3.73. The number of fused-ring (bicyclic) bond motifs is 1. The van der Waals surface area contributed by atoms with Gasteiger partial charge in [-0.25, -0.2) is 0 Å². The Hall–Kier alpha value is -5.75. The Morgan fingerprint density at radius 3 is 1.89 bits per heavy atom. The molecule has 5 aromatic rings. The summed E-state index contributed by atoms with van der Waals surface area (Å²) >= 11 is 6.07. The smallest absolute Gasteiger partial charge is 0.255 e. The largest absolute Gasteiger partial charge is 0.493 e. The highest BCUT2D eigenvalue weighted by molar-refractivity contribution is 6.31. The molecule has 1 aromatic heterocycles. The number of nitrogens with one attached hydrogen (secondary N) is 2. The number of amides is 1. The fourth-order valence-electron chi connectivity index (χ4n) is 6.55. The quantitative estimate of drug-likeness (QED) is 0.0731. The van der Waals surface area contributed by atoms with E-state index in [1.807, 2.05) is 60.7 Å². The molecule has 1 aliphatic heterocycles. The molecular formula is C43H48ClN3O9. The van der Waals surface area contributed by atoms with Gasteiger partial charge in [0, 0.05) is 27.9 Å². The molecule has 6 rings (SSSR count). The van der Waals surface area contributed by atoms with Gasteiger partial charge in [-0.05, 0) is 79.1 Å². The molecule has 0 spiro atoms. The number of carbonyl (C=O) groups excluding carboxylic acids is 1. The van der Waals surface area contributed by atoms with Crippen LogP contribution in [-0.4, -0.2) is 59.8 Å². The van der Waals surface area contributed by atoms with Crippen molar-refractivity contribution >= 4 is 23.2 Å². The van der Waals surface area contributed by atoms with E-state index in [9.17, 15) is 4.79 Å². The number of nitrogens with zero attached hydrogens (tertiary/aromatic N) is 1. The number of hydrogen-bond donors (Lipinski definition) is 2. The van der Waals surface area contributed by atoms with Gasteiger partial charge in [0.25, 0.3) is 5.91 Å². The van der Waals surface area contributed by atoms with Crippen molar-refractivity contribution in [2.24, 2.45) is 0 Å². The van der Waals surface area contributed by atoms with Crippen LogP contribution in [0, 0.1) is 0 Å². The number of aromatic nitrogens is 1. The minimum atomic E-state index is -0.400. The molecule has 296 valence electrons. The van der Waals surface area contributed by atoms with Gasteiger partial charge in [-0.15, -0.1) is 0 Å². The molecule has 0 aliphatic carbocycles. The van der Waals surface area contributed by atoms with Gasteiger partial charge in [-0.2, -0.15) is 0 Å². The zero-order valence-electron chi connectivity index (χ0n) is 32.4. The third-order valence-corrected chi connectivity index (χ3v) is 9.78. The predicted octanol–water partition coefficient (Wildman–Crippen LogP) is 9.75. The third kappa shape index (κ3) is 9.54. The lowest BCUT2D eigenvalue weighted by Gasteiger charge is -2.28. The molecule has 56 heavy (non-hydrogen) atoms. The summed E-state index contributed by atoms with van der Waals surface area (Å²) in [4.78, 5) is 12.7. The van der Waals surface area contributed by atoms with E-state index in [0.717, 1.165) is 67.3 Å². The first kappa shape index (κ1) is 39.9. The Morgan fingerprint density at radius 2 is 1.23 bits per heavy atom. The standard InChI is InChI=1S/C43H48ClN3O9/c1-49-34-17-13-27(36-26-33(47-56-36)29-23-39(51-3)41(53-5)40(24-29)52-4)21-38(34)55-20-12-10-8-6-7-9-11-19-54-35-18-14-28(22-37(35)50-2)42-45-32-16-15-30(44)25-31(32)43(48)46-42/h13-18,21-26,42,45H,6-12,19-20H2,1-5H3,(H,46,48).